The summed E-state index contributed by atoms with van der Waals surface area (Å²) >= 11 is 6.03. The van der Waals surface area contributed by atoms with Gasteiger partial charge in [0.15, 0.2) is 0 Å². The Kier molecular flexibility index (Phi) is 5.38. The molecule has 1 fully saturated rings. The quantitative estimate of drug-likeness (QED) is 0.914. The third-order valence-corrected chi connectivity index (χ3v) is 4.49. The molecule has 0 aromatic heterocycles. The van der Waals surface area contributed by atoms with E-state index in [1.165, 1.54) is 11.1 Å². The van der Waals surface area contributed by atoms with E-state index < -0.39 is 0 Å². The zero-order chi connectivity index (χ0) is 16.9. The number of hydrogen-bond acceptors (Lipinski definition) is 2. The van der Waals surface area contributed by atoms with Crippen LogP contribution in [0, 0.1) is 6.92 Å². The number of halogens is 1. The van der Waals surface area contributed by atoms with Gasteiger partial charge >= 0.3 is 6.03 Å². The molecule has 0 bridgehead atoms. The minimum Gasteiger partial charge on any atom is -0.322 e. The molecule has 2 aromatic rings. The van der Waals surface area contributed by atoms with Gasteiger partial charge in [-0.2, -0.15) is 0 Å². The second-order valence-corrected chi connectivity index (χ2v) is 6.63. The number of nitrogens with one attached hydrogen (secondary N) is 1. The Balaban J connectivity index is 1.49. The Morgan fingerprint density at radius 2 is 1.79 bits per heavy atom. The van der Waals surface area contributed by atoms with Crippen LogP contribution in [-0.4, -0.2) is 42.0 Å². The molecular formula is C19H22ClN3O. The standard InChI is InChI=1S/C19H22ClN3O/c1-15-5-7-18(8-6-15)21-19(24)23-11-9-22(10-12-23)14-16-3-2-4-17(20)13-16/h2-8,13H,9-12,14H2,1H3,(H,21,24). The van der Waals surface area contributed by atoms with Crippen LogP contribution >= 0.6 is 11.6 Å². The maximum Gasteiger partial charge on any atom is 0.321 e. The van der Waals surface area contributed by atoms with E-state index in [0.717, 1.165) is 43.4 Å². The van der Waals surface area contributed by atoms with Crippen LogP contribution in [0.5, 0.6) is 0 Å². The van der Waals surface area contributed by atoms with Gasteiger partial charge in [-0.25, -0.2) is 4.79 Å². The maximum atomic E-state index is 12.3. The topological polar surface area (TPSA) is 35.6 Å². The fourth-order valence-electron chi connectivity index (χ4n) is 2.84. The van der Waals surface area contributed by atoms with E-state index in [1.807, 2.05) is 54.3 Å². The Morgan fingerprint density at radius 1 is 1.08 bits per heavy atom. The minimum absolute atomic E-state index is 0.0266. The molecule has 0 atom stereocenters. The largest absolute Gasteiger partial charge is 0.322 e. The third kappa shape index (κ3) is 4.49. The first-order valence-corrected chi connectivity index (χ1v) is 8.57. The lowest BCUT2D eigenvalue weighted by atomic mass is 10.2. The van der Waals surface area contributed by atoms with Crippen LogP contribution in [0.25, 0.3) is 0 Å². The van der Waals surface area contributed by atoms with Crippen molar-refractivity contribution >= 4 is 23.3 Å². The Morgan fingerprint density at radius 3 is 2.46 bits per heavy atom. The molecule has 3 rings (SSSR count). The number of nitrogens with zero attached hydrogens (tertiary/aromatic N) is 2. The van der Waals surface area contributed by atoms with E-state index in [4.69, 9.17) is 11.6 Å². The molecule has 2 aromatic carbocycles. The molecular weight excluding hydrogens is 322 g/mol. The Labute approximate surface area is 148 Å². The second kappa shape index (κ2) is 7.69. The molecule has 0 spiro atoms. The van der Waals surface area contributed by atoms with Gasteiger partial charge in [-0.3, -0.25) is 4.90 Å². The summed E-state index contributed by atoms with van der Waals surface area (Å²) in [5, 5.41) is 3.73. The second-order valence-electron chi connectivity index (χ2n) is 6.19. The number of amides is 2. The van der Waals surface area contributed by atoms with Crippen molar-refractivity contribution in [3.63, 3.8) is 0 Å². The van der Waals surface area contributed by atoms with Crippen LogP contribution in [0.4, 0.5) is 10.5 Å². The molecule has 0 saturated carbocycles. The van der Waals surface area contributed by atoms with Gasteiger partial charge in [-0.05, 0) is 36.8 Å². The third-order valence-electron chi connectivity index (χ3n) is 4.26. The first kappa shape index (κ1) is 16.8. The lowest BCUT2D eigenvalue weighted by molar-refractivity contribution is 0.143. The Hall–Kier alpha value is -2.04. The molecule has 4 nitrogen and oxygen atoms in total. The summed E-state index contributed by atoms with van der Waals surface area (Å²) < 4.78 is 0. The van der Waals surface area contributed by atoms with Gasteiger partial charge < -0.3 is 10.2 Å². The van der Waals surface area contributed by atoms with Gasteiger partial charge in [-0.15, -0.1) is 0 Å². The summed E-state index contributed by atoms with van der Waals surface area (Å²) in [5.74, 6) is 0. The number of anilines is 1. The molecule has 0 radical (unpaired) electrons. The highest BCUT2D eigenvalue weighted by molar-refractivity contribution is 6.30. The Bertz CT molecular complexity index is 694. The van der Waals surface area contributed by atoms with Crippen molar-refractivity contribution in [3.05, 3.63) is 64.7 Å². The molecule has 126 valence electrons. The van der Waals surface area contributed by atoms with E-state index in [-0.39, 0.29) is 6.03 Å². The average molecular weight is 344 g/mol. The smallest absolute Gasteiger partial charge is 0.321 e. The van der Waals surface area contributed by atoms with E-state index in [1.54, 1.807) is 0 Å². The molecule has 1 aliphatic rings. The van der Waals surface area contributed by atoms with Crippen molar-refractivity contribution in [1.29, 1.82) is 0 Å². The zero-order valence-corrected chi connectivity index (χ0v) is 14.6. The molecule has 5 heteroatoms. The molecule has 2 amide bonds. The lowest BCUT2D eigenvalue weighted by Crippen LogP contribution is -2.49. The SMILES string of the molecule is Cc1ccc(NC(=O)N2CCN(Cc3cccc(Cl)c3)CC2)cc1. The van der Waals surface area contributed by atoms with E-state index in [0.29, 0.717) is 0 Å². The van der Waals surface area contributed by atoms with Crippen LogP contribution in [0.1, 0.15) is 11.1 Å². The summed E-state index contributed by atoms with van der Waals surface area (Å²) in [5.41, 5.74) is 3.23. The van der Waals surface area contributed by atoms with Crippen LogP contribution in [0.15, 0.2) is 48.5 Å². The highest BCUT2D eigenvalue weighted by Crippen LogP contribution is 2.15. The van der Waals surface area contributed by atoms with Gasteiger partial charge in [0, 0.05) is 43.4 Å². The molecule has 24 heavy (non-hydrogen) atoms. The molecule has 1 aliphatic heterocycles. The first-order valence-electron chi connectivity index (χ1n) is 8.19. The van der Waals surface area contributed by atoms with Crippen molar-refractivity contribution in [2.45, 2.75) is 13.5 Å². The van der Waals surface area contributed by atoms with Crippen molar-refractivity contribution in [2.24, 2.45) is 0 Å². The fourth-order valence-corrected chi connectivity index (χ4v) is 3.05. The molecule has 0 aliphatic carbocycles. The van der Waals surface area contributed by atoms with Crippen molar-refractivity contribution in [3.8, 4) is 0 Å². The number of carbonyl (C=O) groups is 1. The summed E-state index contributed by atoms with van der Waals surface area (Å²) in [7, 11) is 0. The molecule has 1 N–H and O–H groups in total. The number of aryl methyl sites for hydroxylation is 1. The van der Waals surface area contributed by atoms with Crippen molar-refractivity contribution < 1.29 is 4.79 Å². The van der Waals surface area contributed by atoms with Crippen LogP contribution < -0.4 is 5.32 Å². The summed E-state index contributed by atoms with van der Waals surface area (Å²) in [4.78, 5) is 16.6. The van der Waals surface area contributed by atoms with Gasteiger partial charge in [0.1, 0.15) is 0 Å². The summed E-state index contributed by atoms with van der Waals surface area (Å²) in [6.45, 7) is 6.11. The van der Waals surface area contributed by atoms with Crippen molar-refractivity contribution in [1.82, 2.24) is 9.80 Å². The van der Waals surface area contributed by atoms with E-state index >= 15 is 0 Å². The molecule has 1 heterocycles. The van der Waals surface area contributed by atoms with Crippen LogP contribution in [0.2, 0.25) is 5.02 Å². The minimum atomic E-state index is -0.0266. The predicted molar refractivity (Wildman–Crippen MR) is 98.5 cm³/mol. The fraction of sp³-hybridized carbons (Fsp3) is 0.316. The maximum absolute atomic E-state index is 12.3. The van der Waals surface area contributed by atoms with Gasteiger partial charge in [0.05, 0.1) is 0 Å². The monoisotopic (exact) mass is 343 g/mol. The first-order chi connectivity index (χ1) is 11.6. The summed E-state index contributed by atoms with van der Waals surface area (Å²) in [6, 6.07) is 15.8. The number of hydrogen-bond donors (Lipinski definition) is 1. The molecule has 0 unspecified atom stereocenters. The zero-order valence-electron chi connectivity index (χ0n) is 13.8. The van der Waals surface area contributed by atoms with Crippen LogP contribution in [-0.2, 0) is 6.54 Å². The summed E-state index contributed by atoms with van der Waals surface area (Å²) in [6.07, 6.45) is 0. The number of carbonyl (C=O) groups excluding carboxylic acids is 1. The van der Waals surface area contributed by atoms with Gasteiger partial charge in [-0.1, -0.05) is 41.4 Å². The molecule has 1 saturated heterocycles. The number of urea groups is 1. The number of benzene rings is 2. The number of piperazine rings is 1. The van der Waals surface area contributed by atoms with E-state index in [2.05, 4.69) is 16.3 Å². The highest BCUT2D eigenvalue weighted by Gasteiger charge is 2.21. The van der Waals surface area contributed by atoms with Gasteiger partial charge in [0.2, 0.25) is 0 Å². The van der Waals surface area contributed by atoms with E-state index in [9.17, 15) is 4.79 Å². The highest BCUT2D eigenvalue weighted by atomic mass is 35.5. The predicted octanol–water partition coefficient (Wildman–Crippen LogP) is 4.00. The number of rotatable bonds is 3. The average Bonchev–Trinajstić information content (AvgIpc) is 2.57. The lowest BCUT2D eigenvalue weighted by Gasteiger charge is -2.34. The van der Waals surface area contributed by atoms with Gasteiger partial charge in [0.25, 0.3) is 0 Å². The van der Waals surface area contributed by atoms with Crippen molar-refractivity contribution in [2.75, 3.05) is 31.5 Å². The normalized spacial score (nSPS) is 15.3. The van der Waals surface area contributed by atoms with Crippen LogP contribution in [0.3, 0.4) is 0 Å².